The lowest BCUT2D eigenvalue weighted by Crippen LogP contribution is -2.64. The number of nitrogens with zero attached hydrogens (tertiary/aromatic N) is 2. The Bertz CT molecular complexity index is 606. The zero-order valence-corrected chi connectivity index (χ0v) is 12.9. The summed E-state index contributed by atoms with van der Waals surface area (Å²) in [6.45, 7) is 1.82. The minimum Gasteiger partial charge on any atom is -0.477 e. The molecule has 1 unspecified atom stereocenters. The fourth-order valence-electron chi connectivity index (χ4n) is 4.25. The minimum atomic E-state index is -1.12. The van der Waals surface area contributed by atoms with Gasteiger partial charge in [-0.25, -0.2) is 4.79 Å². The molecule has 5 atom stereocenters. The predicted octanol–water partition coefficient (Wildman–Crippen LogP) is 0.645. The zero-order chi connectivity index (χ0) is 16.7. The van der Waals surface area contributed by atoms with E-state index < -0.39 is 18.0 Å². The molecule has 0 aromatic carbocycles. The van der Waals surface area contributed by atoms with Crippen molar-refractivity contribution in [3.05, 3.63) is 11.3 Å². The van der Waals surface area contributed by atoms with Crippen molar-refractivity contribution in [3.63, 3.8) is 0 Å². The topological polar surface area (TPSA) is 111 Å². The monoisotopic (exact) mass is 320 g/mol. The van der Waals surface area contributed by atoms with Gasteiger partial charge in [-0.1, -0.05) is 0 Å². The highest BCUT2D eigenvalue weighted by atomic mass is 16.5. The molecule has 0 spiro atoms. The lowest BCUT2D eigenvalue weighted by atomic mass is 9.71. The average molecular weight is 320 g/mol. The van der Waals surface area contributed by atoms with Crippen molar-refractivity contribution in [1.29, 1.82) is 5.26 Å². The summed E-state index contributed by atoms with van der Waals surface area (Å²) in [5.41, 5.74) is 0.701. The number of rotatable bonds is 5. The van der Waals surface area contributed by atoms with Gasteiger partial charge in [-0.05, 0) is 31.8 Å². The second kappa shape index (κ2) is 5.95. The van der Waals surface area contributed by atoms with E-state index in [4.69, 9.17) is 10.00 Å². The third-order valence-electron chi connectivity index (χ3n) is 5.10. The van der Waals surface area contributed by atoms with E-state index in [0.29, 0.717) is 12.0 Å². The van der Waals surface area contributed by atoms with E-state index in [1.165, 1.54) is 4.90 Å². The van der Waals surface area contributed by atoms with Gasteiger partial charge in [-0.2, -0.15) is 5.26 Å². The summed E-state index contributed by atoms with van der Waals surface area (Å²) >= 11 is 0. The predicted molar refractivity (Wildman–Crippen MR) is 77.8 cm³/mol. The Morgan fingerprint density at radius 2 is 2.26 bits per heavy atom. The van der Waals surface area contributed by atoms with E-state index in [0.717, 1.165) is 12.8 Å². The number of aliphatic hydroxyl groups excluding tert-OH is 1. The van der Waals surface area contributed by atoms with Crippen LogP contribution in [0.5, 0.6) is 0 Å². The smallest absolute Gasteiger partial charge is 0.352 e. The molecular formula is C16H20N2O5. The molecule has 2 aliphatic heterocycles. The molecule has 1 saturated carbocycles. The second-order valence-electron chi connectivity index (χ2n) is 6.38. The van der Waals surface area contributed by atoms with Crippen molar-refractivity contribution in [2.75, 3.05) is 6.61 Å². The number of hydrogen-bond acceptors (Lipinski definition) is 5. The van der Waals surface area contributed by atoms with Gasteiger partial charge in [0.05, 0.1) is 43.3 Å². The normalized spacial score (nSPS) is 33.6. The summed E-state index contributed by atoms with van der Waals surface area (Å²) in [6.07, 6.45) is 1.46. The van der Waals surface area contributed by atoms with Crippen LogP contribution < -0.4 is 0 Å². The third-order valence-corrected chi connectivity index (χ3v) is 5.10. The molecule has 2 heterocycles. The summed E-state index contributed by atoms with van der Waals surface area (Å²) in [4.78, 5) is 25.4. The van der Waals surface area contributed by atoms with Crippen LogP contribution in [0.2, 0.25) is 0 Å². The number of amides is 1. The number of carbonyl (C=O) groups excluding carboxylic acids is 1. The van der Waals surface area contributed by atoms with Gasteiger partial charge in [0.2, 0.25) is 5.91 Å². The quantitative estimate of drug-likeness (QED) is 0.568. The van der Waals surface area contributed by atoms with Crippen molar-refractivity contribution in [2.45, 2.75) is 50.9 Å². The van der Waals surface area contributed by atoms with Crippen molar-refractivity contribution in [3.8, 4) is 6.07 Å². The number of β-lactam (4-membered cyclic amide) rings is 1. The van der Waals surface area contributed by atoms with Crippen molar-refractivity contribution >= 4 is 11.9 Å². The Labute approximate surface area is 134 Å². The molecule has 0 aromatic rings. The van der Waals surface area contributed by atoms with Gasteiger partial charge in [-0.15, -0.1) is 0 Å². The number of carboxylic acids is 1. The summed E-state index contributed by atoms with van der Waals surface area (Å²) in [5, 5.41) is 28.1. The Balaban J connectivity index is 1.93. The van der Waals surface area contributed by atoms with Crippen LogP contribution in [0, 0.1) is 23.2 Å². The number of hydrogen-bond donors (Lipinski definition) is 2. The molecule has 1 amide bonds. The lowest BCUT2D eigenvalue weighted by Gasteiger charge is -2.47. The van der Waals surface area contributed by atoms with E-state index >= 15 is 0 Å². The molecule has 3 aliphatic rings. The second-order valence-corrected chi connectivity index (χ2v) is 6.38. The minimum absolute atomic E-state index is 0.0311. The van der Waals surface area contributed by atoms with Gasteiger partial charge in [0.15, 0.2) is 0 Å². The molecule has 7 nitrogen and oxygen atoms in total. The first-order chi connectivity index (χ1) is 11.0. The first kappa shape index (κ1) is 16.0. The van der Waals surface area contributed by atoms with Gasteiger partial charge in [0.25, 0.3) is 0 Å². The van der Waals surface area contributed by atoms with Gasteiger partial charge in [0, 0.05) is 5.92 Å². The molecule has 1 aliphatic carbocycles. The Morgan fingerprint density at radius 3 is 2.87 bits per heavy atom. The van der Waals surface area contributed by atoms with Gasteiger partial charge >= 0.3 is 5.97 Å². The van der Waals surface area contributed by atoms with Crippen molar-refractivity contribution in [2.24, 2.45) is 11.8 Å². The molecule has 124 valence electrons. The first-order valence-corrected chi connectivity index (χ1v) is 7.96. The van der Waals surface area contributed by atoms with Crippen LogP contribution in [0.1, 0.15) is 32.6 Å². The number of carbonyl (C=O) groups is 2. The largest absolute Gasteiger partial charge is 0.477 e. The number of nitriles is 1. The zero-order valence-electron chi connectivity index (χ0n) is 12.9. The van der Waals surface area contributed by atoms with E-state index in [-0.39, 0.29) is 42.7 Å². The maximum atomic E-state index is 12.3. The van der Waals surface area contributed by atoms with Crippen LogP contribution in [-0.2, 0) is 14.3 Å². The molecule has 2 N–H and O–H groups in total. The van der Waals surface area contributed by atoms with E-state index in [9.17, 15) is 19.8 Å². The first-order valence-electron chi connectivity index (χ1n) is 7.96. The summed E-state index contributed by atoms with van der Waals surface area (Å²) in [7, 11) is 0. The number of fused-ring (bicyclic) bond motifs is 3. The van der Waals surface area contributed by atoms with Crippen LogP contribution in [-0.4, -0.2) is 51.8 Å². The van der Waals surface area contributed by atoms with Crippen LogP contribution in [0.15, 0.2) is 11.3 Å². The molecule has 23 heavy (non-hydrogen) atoms. The van der Waals surface area contributed by atoms with Crippen LogP contribution >= 0.6 is 0 Å². The maximum Gasteiger partial charge on any atom is 0.352 e. The molecule has 0 radical (unpaired) electrons. The Kier molecular flexibility index (Phi) is 4.13. The lowest BCUT2D eigenvalue weighted by molar-refractivity contribution is -0.163. The molecule has 7 heteroatoms. The number of carboxylic acid groups (broad SMARTS) is 1. The van der Waals surface area contributed by atoms with E-state index in [1.807, 2.05) is 6.07 Å². The molecule has 2 fully saturated rings. The average Bonchev–Trinajstić information content (AvgIpc) is 2.79. The molecule has 1 saturated heterocycles. The fourth-order valence-corrected chi connectivity index (χ4v) is 4.25. The fraction of sp³-hybridized carbons (Fsp3) is 0.688. The third kappa shape index (κ3) is 2.33. The maximum absolute atomic E-state index is 12.3. The summed E-state index contributed by atoms with van der Waals surface area (Å²) < 4.78 is 5.73. The van der Waals surface area contributed by atoms with Crippen LogP contribution in [0.25, 0.3) is 0 Å². The number of ether oxygens (including phenoxy) is 1. The van der Waals surface area contributed by atoms with Crippen molar-refractivity contribution in [1.82, 2.24) is 4.90 Å². The van der Waals surface area contributed by atoms with Gasteiger partial charge < -0.3 is 19.8 Å². The molecule has 0 bridgehead atoms. The standard InChI is InChI=1S/C16H20N2O5/c1-8(19)11-13-9-4-2-5-10(23-7-3-6-17)12(9)14(16(21)22)18(13)15(11)20/h8-11,13,19H,2-5,7H2,1H3,(H,21,22)/t8?,9-,10-,11+,13+/m0/s1. The summed E-state index contributed by atoms with van der Waals surface area (Å²) in [5.74, 6) is -2.05. The van der Waals surface area contributed by atoms with Gasteiger partial charge in [0.1, 0.15) is 5.70 Å². The van der Waals surface area contributed by atoms with E-state index in [2.05, 4.69) is 0 Å². The Morgan fingerprint density at radius 1 is 1.52 bits per heavy atom. The molecule has 0 aromatic heterocycles. The highest BCUT2D eigenvalue weighted by Gasteiger charge is 2.62. The van der Waals surface area contributed by atoms with Crippen LogP contribution in [0.4, 0.5) is 0 Å². The summed E-state index contributed by atoms with van der Waals surface area (Å²) in [6, 6.07) is 1.73. The number of aliphatic hydroxyl groups is 1. The highest BCUT2D eigenvalue weighted by molar-refractivity contribution is 6.00. The molecular weight excluding hydrogens is 300 g/mol. The van der Waals surface area contributed by atoms with E-state index in [1.54, 1.807) is 6.92 Å². The highest BCUT2D eigenvalue weighted by Crippen LogP contribution is 2.52. The molecule has 3 rings (SSSR count). The SMILES string of the molecule is CC(O)[C@H]1C(=O)N2C(C(=O)O)=C3[C@@H](OCCC#N)CCC[C@@H]3[C@H]12. The number of aliphatic carboxylic acids is 1. The van der Waals surface area contributed by atoms with Gasteiger partial charge in [-0.3, -0.25) is 4.79 Å². The van der Waals surface area contributed by atoms with Crippen molar-refractivity contribution < 1.29 is 24.5 Å². The Hall–Kier alpha value is -1.91. The van der Waals surface area contributed by atoms with Crippen LogP contribution in [0.3, 0.4) is 0 Å².